The van der Waals surface area contributed by atoms with E-state index in [-0.39, 0.29) is 0 Å². The van der Waals surface area contributed by atoms with Gasteiger partial charge >= 0.3 is 18.2 Å². The van der Waals surface area contributed by atoms with Gasteiger partial charge in [0.1, 0.15) is 11.6 Å². The first kappa shape index (κ1) is 22.1. The van der Waals surface area contributed by atoms with Crippen LogP contribution >= 0.6 is 0 Å². The van der Waals surface area contributed by atoms with Gasteiger partial charge in [-0.2, -0.15) is 22.0 Å². The number of alkyl carbamates (subject to hydrolysis) is 1. The van der Waals surface area contributed by atoms with E-state index in [1.165, 1.54) is 44.3 Å². The Morgan fingerprint density at radius 2 is 1.58 bits per heavy atom. The van der Waals surface area contributed by atoms with Crippen molar-refractivity contribution in [3.05, 3.63) is 30.3 Å². The van der Waals surface area contributed by atoms with Crippen LogP contribution in [-0.2, 0) is 14.6 Å². The van der Waals surface area contributed by atoms with Gasteiger partial charge in [0.05, 0.1) is 10.6 Å². The van der Waals surface area contributed by atoms with Crippen molar-refractivity contribution < 1.29 is 39.9 Å². The molecule has 26 heavy (non-hydrogen) atoms. The summed E-state index contributed by atoms with van der Waals surface area (Å²) in [6.07, 6.45) is -7.66. The molecule has 1 aromatic carbocycles. The third-order valence-electron chi connectivity index (χ3n) is 2.99. The number of sulfone groups is 1. The first-order valence-corrected chi connectivity index (χ1v) is 8.93. The van der Waals surface area contributed by atoms with Crippen molar-refractivity contribution in [3.8, 4) is 0 Å². The molecule has 11 heteroatoms. The average Bonchev–Trinajstić information content (AvgIpc) is 2.44. The molecule has 0 aliphatic carbocycles. The SMILES string of the molecule is CC(C)(C)OC(=O)NC(CS(=O)(=O)c1ccccc1)C(F)(F)C(F)(F)F. The maximum Gasteiger partial charge on any atom is 0.455 e. The molecule has 1 atom stereocenters. The molecule has 0 heterocycles. The number of nitrogens with one attached hydrogen (secondary N) is 1. The second kappa shape index (κ2) is 7.37. The number of hydrogen-bond donors (Lipinski definition) is 1. The average molecular weight is 403 g/mol. The van der Waals surface area contributed by atoms with Crippen LogP contribution in [0.3, 0.4) is 0 Å². The van der Waals surface area contributed by atoms with Gasteiger partial charge in [-0.15, -0.1) is 0 Å². The fourth-order valence-electron chi connectivity index (χ4n) is 1.83. The van der Waals surface area contributed by atoms with E-state index in [9.17, 15) is 35.2 Å². The van der Waals surface area contributed by atoms with E-state index in [0.29, 0.717) is 0 Å². The summed E-state index contributed by atoms with van der Waals surface area (Å²) in [6.45, 7) is 4.10. The molecule has 1 unspecified atom stereocenters. The number of alkyl halides is 5. The number of carbonyl (C=O) groups excluding carboxylic acids is 1. The molecule has 0 saturated carbocycles. The van der Waals surface area contributed by atoms with Gasteiger partial charge in [-0.05, 0) is 32.9 Å². The molecule has 1 amide bonds. The van der Waals surface area contributed by atoms with Gasteiger partial charge < -0.3 is 10.1 Å². The highest BCUT2D eigenvalue weighted by molar-refractivity contribution is 7.91. The van der Waals surface area contributed by atoms with Gasteiger partial charge in [0.25, 0.3) is 0 Å². The van der Waals surface area contributed by atoms with Gasteiger partial charge in [-0.3, -0.25) is 0 Å². The number of hydrogen-bond acceptors (Lipinski definition) is 4. The van der Waals surface area contributed by atoms with Crippen molar-refractivity contribution in [3.63, 3.8) is 0 Å². The Kier molecular flexibility index (Phi) is 6.28. The predicted octanol–water partition coefficient (Wildman–Crippen LogP) is 3.55. The third kappa shape index (κ3) is 5.82. The van der Waals surface area contributed by atoms with Crippen molar-refractivity contribution in [2.75, 3.05) is 5.75 Å². The first-order valence-electron chi connectivity index (χ1n) is 7.28. The van der Waals surface area contributed by atoms with E-state index in [2.05, 4.69) is 4.74 Å². The summed E-state index contributed by atoms with van der Waals surface area (Å²) >= 11 is 0. The normalized spacial score (nSPS) is 14.6. The van der Waals surface area contributed by atoms with Crippen LogP contribution < -0.4 is 5.32 Å². The van der Waals surface area contributed by atoms with E-state index in [0.717, 1.165) is 12.1 Å². The molecule has 0 saturated heterocycles. The Hall–Kier alpha value is -1.91. The monoisotopic (exact) mass is 403 g/mol. The zero-order valence-electron chi connectivity index (χ0n) is 14.1. The second-order valence-corrected chi connectivity index (χ2v) is 8.45. The Bertz CT molecular complexity index is 727. The standard InChI is InChI=1S/C15H18F5NO4S/c1-13(2,3)25-12(22)21-11(14(16,17)15(18,19)20)9-26(23,24)10-7-5-4-6-8-10/h4-8,11H,9H2,1-3H3,(H,21,22). The van der Waals surface area contributed by atoms with Crippen LogP contribution in [0.2, 0.25) is 0 Å². The molecule has 1 rings (SSSR count). The fourth-order valence-corrected chi connectivity index (χ4v) is 3.32. The molecule has 0 bridgehead atoms. The Morgan fingerprint density at radius 3 is 2.00 bits per heavy atom. The quantitative estimate of drug-likeness (QED) is 0.764. The van der Waals surface area contributed by atoms with Gasteiger partial charge in [0.15, 0.2) is 9.84 Å². The topological polar surface area (TPSA) is 72.5 Å². The summed E-state index contributed by atoms with van der Waals surface area (Å²) in [4.78, 5) is 11.2. The van der Waals surface area contributed by atoms with Crippen LogP contribution in [0.25, 0.3) is 0 Å². The zero-order chi connectivity index (χ0) is 20.4. The van der Waals surface area contributed by atoms with Gasteiger partial charge in [-0.1, -0.05) is 18.2 Å². The summed E-state index contributed by atoms with van der Waals surface area (Å²) in [5.74, 6) is -7.16. The first-order chi connectivity index (χ1) is 11.6. The highest BCUT2D eigenvalue weighted by Gasteiger charge is 2.63. The van der Waals surface area contributed by atoms with E-state index in [4.69, 9.17) is 0 Å². The molecule has 1 N–H and O–H groups in total. The molecule has 0 aliphatic rings. The number of rotatable bonds is 5. The number of carbonyl (C=O) groups is 1. The van der Waals surface area contributed by atoms with Crippen LogP contribution in [0.15, 0.2) is 35.2 Å². The van der Waals surface area contributed by atoms with E-state index in [1.807, 2.05) is 0 Å². The van der Waals surface area contributed by atoms with E-state index in [1.54, 1.807) is 0 Å². The fraction of sp³-hybridized carbons (Fsp3) is 0.533. The van der Waals surface area contributed by atoms with Crippen molar-refractivity contribution in [2.45, 2.75) is 49.4 Å². The van der Waals surface area contributed by atoms with Gasteiger partial charge in [0, 0.05) is 0 Å². The molecular formula is C15H18F5NO4S. The molecule has 0 radical (unpaired) electrons. The molecule has 148 valence electrons. The molecule has 1 aromatic rings. The van der Waals surface area contributed by atoms with E-state index < -0.39 is 50.3 Å². The number of ether oxygens (including phenoxy) is 1. The van der Waals surface area contributed by atoms with Gasteiger partial charge in [0.2, 0.25) is 0 Å². The Morgan fingerprint density at radius 1 is 1.08 bits per heavy atom. The molecule has 0 spiro atoms. The van der Waals surface area contributed by atoms with Crippen LogP contribution in [-0.4, -0.2) is 44.0 Å². The number of benzene rings is 1. The molecular weight excluding hydrogens is 385 g/mol. The van der Waals surface area contributed by atoms with Crippen molar-refractivity contribution in [1.82, 2.24) is 5.32 Å². The second-order valence-electron chi connectivity index (χ2n) is 6.41. The molecule has 5 nitrogen and oxygen atoms in total. The largest absolute Gasteiger partial charge is 0.455 e. The minimum absolute atomic E-state index is 0.450. The maximum absolute atomic E-state index is 13.8. The predicted molar refractivity (Wildman–Crippen MR) is 82.7 cm³/mol. The summed E-state index contributed by atoms with van der Waals surface area (Å²) in [7, 11) is -4.54. The summed E-state index contributed by atoms with van der Waals surface area (Å²) < 4.78 is 94.7. The number of halogens is 5. The minimum atomic E-state index is -6.07. The lowest BCUT2D eigenvalue weighted by molar-refractivity contribution is -0.289. The number of amides is 1. The van der Waals surface area contributed by atoms with Crippen LogP contribution in [0, 0.1) is 0 Å². The molecule has 0 fully saturated rings. The lowest BCUT2D eigenvalue weighted by Crippen LogP contribution is -2.58. The minimum Gasteiger partial charge on any atom is -0.444 e. The van der Waals surface area contributed by atoms with Gasteiger partial charge in [-0.25, -0.2) is 13.2 Å². The highest BCUT2D eigenvalue weighted by Crippen LogP contribution is 2.39. The summed E-state index contributed by atoms with van der Waals surface area (Å²) in [5.41, 5.74) is -1.18. The zero-order valence-corrected chi connectivity index (χ0v) is 14.9. The maximum atomic E-state index is 13.8. The third-order valence-corrected chi connectivity index (χ3v) is 4.76. The van der Waals surface area contributed by atoms with Crippen LogP contribution in [0.4, 0.5) is 26.7 Å². The van der Waals surface area contributed by atoms with Crippen molar-refractivity contribution in [1.29, 1.82) is 0 Å². The Labute approximate surface area is 147 Å². The lowest BCUT2D eigenvalue weighted by atomic mass is 10.1. The smallest absolute Gasteiger partial charge is 0.444 e. The van der Waals surface area contributed by atoms with Crippen LogP contribution in [0.5, 0.6) is 0 Å². The molecule has 0 aromatic heterocycles. The summed E-state index contributed by atoms with van der Waals surface area (Å²) in [6, 6.07) is 3.04. The highest BCUT2D eigenvalue weighted by atomic mass is 32.2. The summed E-state index contributed by atoms with van der Waals surface area (Å²) in [5, 5.41) is 1.34. The van der Waals surface area contributed by atoms with Crippen LogP contribution in [0.1, 0.15) is 20.8 Å². The Balaban J connectivity index is 3.19. The lowest BCUT2D eigenvalue weighted by Gasteiger charge is -2.30. The van der Waals surface area contributed by atoms with Crippen molar-refractivity contribution >= 4 is 15.9 Å². The molecule has 0 aliphatic heterocycles. The van der Waals surface area contributed by atoms with E-state index >= 15 is 0 Å². The van der Waals surface area contributed by atoms with Crippen molar-refractivity contribution in [2.24, 2.45) is 0 Å².